The molecule has 8 heteroatoms. The topological polar surface area (TPSA) is 54.5 Å². The molecule has 0 unspecified atom stereocenters. The molecule has 2 saturated heterocycles. The fraction of sp³-hybridized carbons (Fsp3) is 0.500. The summed E-state index contributed by atoms with van der Waals surface area (Å²) in [5.41, 5.74) is 2.26. The first-order valence-electron chi connectivity index (χ1n) is 11.4. The number of imidazole rings is 1. The van der Waals surface area contributed by atoms with Crippen LogP contribution in [0, 0.1) is 24.5 Å². The fourth-order valence-electron chi connectivity index (χ4n) is 5.25. The summed E-state index contributed by atoms with van der Waals surface area (Å²) in [5.74, 6) is -0.643. The Balaban J connectivity index is 1.18. The monoisotopic (exact) mass is 442 g/mol. The van der Waals surface area contributed by atoms with Crippen molar-refractivity contribution in [3.63, 3.8) is 0 Å². The fourth-order valence-corrected chi connectivity index (χ4v) is 5.25. The number of piperidine rings is 2. The third kappa shape index (κ3) is 4.03. The molecule has 170 valence electrons. The molecule has 0 atom stereocenters. The molecule has 0 spiro atoms. The summed E-state index contributed by atoms with van der Waals surface area (Å²) in [7, 11) is 0. The Labute approximate surface area is 185 Å². The molecule has 1 aromatic carbocycles. The van der Waals surface area contributed by atoms with E-state index in [1.54, 1.807) is 12.5 Å². The van der Waals surface area contributed by atoms with Gasteiger partial charge < -0.3 is 13.9 Å². The van der Waals surface area contributed by atoms with Crippen LogP contribution in [0.2, 0.25) is 0 Å². The van der Waals surface area contributed by atoms with E-state index in [0.717, 1.165) is 57.2 Å². The van der Waals surface area contributed by atoms with E-state index in [1.165, 1.54) is 11.6 Å². The summed E-state index contributed by atoms with van der Waals surface area (Å²) in [6, 6.07) is 4.51. The van der Waals surface area contributed by atoms with Crippen molar-refractivity contribution in [1.29, 1.82) is 0 Å². The lowest BCUT2D eigenvalue weighted by molar-refractivity contribution is -0.138. The zero-order valence-electron chi connectivity index (χ0n) is 18.3. The number of hydrogen-bond acceptors (Lipinski definition) is 4. The second-order valence-electron chi connectivity index (χ2n) is 9.02. The molecule has 1 amide bonds. The van der Waals surface area contributed by atoms with Crippen molar-refractivity contribution in [2.24, 2.45) is 5.92 Å². The maximum atomic E-state index is 13.8. The van der Waals surface area contributed by atoms with E-state index in [2.05, 4.69) is 9.88 Å². The summed E-state index contributed by atoms with van der Waals surface area (Å²) < 4.78 is 34.6. The highest BCUT2D eigenvalue weighted by atomic mass is 19.2. The highest BCUT2D eigenvalue weighted by molar-refractivity contribution is 5.79. The van der Waals surface area contributed by atoms with Gasteiger partial charge in [0.15, 0.2) is 11.6 Å². The Morgan fingerprint density at radius 2 is 1.81 bits per heavy atom. The normalized spacial score (nSPS) is 19.2. The number of likely N-dealkylation sites (tertiary alicyclic amines) is 2. The number of carbonyl (C=O) groups excluding carboxylic acids is 1. The summed E-state index contributed by atoms with van der Waals surface area (Å²) in [5, 5.41) is 0. The van der Waals surface area contributed by atoms with Crippen molar-refractivity contribution < 1.29 is 18.0 Å². The predicted molar refractivity (Wildman–Crippen MR) is 116 cm³/mol. The number of carbonyl (C=O) groups is 1. The Bertz CT molecular complexity index is 1100. The van der Waals surface area contributed by atoms with E-state index in [4.69, 9.17) is 4.42 Å². The number of halogens is 2. The van der Waals surface area contributed by atoms with Gasteiger partial charge >= 0.3 is 0 Å². The number of benzene rings is 1. The van der Waals surface area contributed by atoms with Crippen molar-refractivity contribution in [3.8, 4) is 0 Å². The lowest BCUT2D eigenvalue weighted by Gasteiger charge is -2.37. The number of aryl methyl sites for hydroxylation is 1. The lowest BCUT2D eigenvalue weighted by Crippen LogP contribution is -2.45. The molecule has 0 aliphatic carbocycles. The van der Waals surface area contributed by atoms with Crippen LogP contribution in [0.15, 0.2) is 35.1 Å². The van der Waals surface area contributed by atoms with Crippen LogP contribution in [0.25, 0.3) is 11.0 Å². The van der Waals surface area contributed by atoms with Crippen molar-refractivity contribution in [2.75, 3.05) is 26.2 Å². The molecule has 3 aromatic rings. The van der Waals surface area contributed by atoms with E-state index >= 15 is 0 Å². The molecule has 0 saturated carbocycles. The minimum Gasteiger partial charge on any atom is -0.472 e. The van der Waals surface area contributed by atoms with Crippen LogP contribution in [0.4, 0.5) is 8.78 Å². The first-order chi connectivity index (χ1) is 15.5. The van der Waals surface area contributed by atoms with Gasteiger partial charge in [-0.25, -0.2) is 13.8 Å². The van der Waals surface area contributed by atoms with Gasteiger partial charge in [-0.15, -0.1) is 0 Å². The third-order valence-corrected chi connectivity index (χ3v) is 6.97. The average molecular weight is 443 g/mol. The second-order valence-corrected chi connectivity index (χ2v) is 9.02. The molecule has 2 fully saturated rings. The van der Waals surface area contributed by atoms with Crippen molar-refractivity contribution in [1.82, 2.24) is 19.4 Å². The SMILES string of the molecule is Cc1nc2cc(F)c(F)cc2n1C1CCN(C(=O)C2CCN(Cc3ccoc3)CC2)CC1. The second kappa shape index (κ2) is 8.65. The Kier molecular flexibility index (Phi) is 5.71. The Hall–Kier alpha value is -2.74. The van der Waals surface area contributed by atoms with Gasteiger partial charge in [0.2, 0.25) is 5.91 Å². The van der Waals surface area contributed by atoms with Gasteiger partial charge in [-0.3, -0.25) is 9.69 Å². The molecule has 0 N–H and O–H groups in total. The number of nitrogens with zero attached hydrogens (tertiary/aromatic N) is 4. The third-order valence-electron chi connectivity index (χ3n) is 6.97. The molecule has 0 radical (unpaired) electrons. The van der Waals surface area contributed by atoms with Crippen LogP contribution < -0.4 is 0 Å². The van der Waals surface area contributed by atoms with E-state index in [9.17, 15) is 13.6 Å². The molecular formula is C24H28F2N4O2. The van der Waals surface area contributed by atoms with Crippen LogP contribution in [-0.4, -0.2) is 51.4 Å². The predicted octanol–water partition coefficient (Wildman–Crippen LogP) is 4.29. The number of amides is 1. The lowest BCUT2D eigenvalue weighted by atomic mass is 9.93. The van der Waals surface area contributed by atoms with Gasteiger partial charge in [-0.05, 0) is 51.8 Å². The van der Waals surface area contributed by atoms with Crippen LogP contribution in [0.3, 0.4) is 0 Å². The highest BCUT2D eigenvalue weighted by Crippen LogP contribution is 2.31. The quantitative estimate of drug-likeness (QED) is 0.605. The Morgan fingerprint density at radius 1 is 1.09 bits per heavy atom. The van der Waals surface area contributed by atoms with Gasteiger partial charge in [0.25, 0.3) is 0 Å². The minimum atomic E-state index is -0.877. The number of aromatic nitrogens is 2. The Morgan fingerprint density at radius 3 is 2.50 bits per heavy atom. The number of rotatable bonds is 4. The average Bonchev–Trinajstić information content (AvgIpc) is 3.41. The van der Waals surface area contributed by atoms with Gasteiger partial charge in [0.05, 0.1) is 23.6 Å². The standard InChI is InChI=1S/C24H28F2N4O2/c1-16-27-22-12-20(25)21(26)13-23(22)30(16)19-4-9-29(10-5-19)24(31)18-2-7-28(8-3-18)14-17-6-11-32-15-17/h6,11-13,15,18-19H,2-5,7-10,14H2,1H3. The minimum absolute atomic E-state index is 0.0834. The number of hydrogen-bond donors (Lipinski definition) is 0. The zero-order chi connectivity index (χ0) is 22.2. The molecule has 6 nitrogen and oxygen atoms in total. The van der Waals surface area contributed by atoms with E-state index in [-0.39, 0.29) is 17.9 Å². The zero-order valence-corrected chi connectivity index (χ0v) is 18.3. The summed E-state index contributed by atoms with van der Waals surface area (Å²) in [6.45, 7) is 5.93. The molecule has 2 aliphatic rings. The number of fused-ring (bicyclic) bond motifs is 1. The van der Waals surface area contributed by atoms with E-state index < -0.39 is 11.6 Å². The van der Waals surface area contributed by atoms with Gasteiger partial charge in [-0.2, -0.15) is 0 Å². The summed E-state index contributed by atoms with van der Waals surface area (Å²) in [6.07, 6.45) is 6.81. The van der Waals surface area contributed by atoms with Crippen LogP contribution in [-0.2, 0) is 11.3 Å². The molecular weight excluding hydrogens is 414 g/mol. The van der Waals surface area contributed by atoms with Gasteiger partial charge in [0, 0.05) is 49.3 Å². The van der Waals surface area contributed by atoms with Gasteiger partial charge in [0.1, 0.15) is 5.82 Å². The van der Waals surface area contributed by atoms with Crippen molar-refractivity contribution >= 4 is 16.9 Å². The molecule has 32 heavy (non-hydrogen) atoms. The summed E-state index contributed by atoms with van der Waals surface area (Å²) in [4.78, 5) is 21.9. The maximum absolute atomic E-state index is 13.8. The summed E-state index contributed by atoms with van der Waals surface area (Å²) >= 11 is 0. The van der Waals surface area contributed by atoms with E-state index in [1.807, 2.05) is 22.5 Å². The van der Waals surface area contributed by atoms with Crippen LogP contribution in [0.1, 0.15) is 43.1 Å². The first-order valence-corrected chi connectivity index (χ1v) is 11.4. The smallest absolute Gasteiger partial charge is 0.225 e. The van der Waals surface area contributed by atoms with Gasteiger partial charge in [-0.1, -0.05) is 0 Å². The van der Waals surface area contributed by atoms with E-state index in [0.29, 0.717) is 24.1 Å². The molecule has 2 aromatic heterocycles. The molecule has 5 rings (SSSR count). The first kappa shape index (κ1) is 21.1. The molecule has 2 aliphatic heterocycles. The highest BCUT2D eigenvalue weighted by Gasteiger charge is 2.32. The molecule has 0 bridgehead atoms. The van der Waals surface area contributed by atoms with Crippen LogP contribution >= 0.6 is 0 Å². The van der Waals surface area contributed by atoms with Crippen molar-refractivity contribution in [3.05, 3.63) is 53.7 Å². The van der Waals surface area contributed by atoms with Crippen molar-refractivity contribution in [2.45, 2.75) is 45.2 Å². The molecule has 4 heterocycles. The van der Waals surface area contributed by atoms with Crippen LogP contribution in [0.5, 0.6) is 0 Å². The largest absolute Gasteiger partial charge is 0.472 e. The number of furan rings is 1. The maximum Gasteiger partial charge on any atom is 0.225 e.